The van der Waals surface area contributed by atoms with Crippen LogP contribution in [0.3, 0.4) is 0 Å². The highest BCUT2D eigenvalue weighted by Crippen LogP contribution is 2.23. The second kappa shape index (κ2) is 4.32. The Morgan fingerprint density at radius 1 is 1.24 bits per heavy atom. The van der Waals surface area contributed by atoms with Crippen molar-refractivity contribution in [2.45, 2.75) is 32.7 Å². The van der Waals surface area contributed by atoms with Crippen LogP contribution in [0.5, 0.6) is 5.75 Å². The van der Waals surface area contributed by atoms with Crippen molar-refractivity contribution in [2.75, 3.05) is 6.61 Å². The number of hydrogen-bond acceptors (Lipinski definition) is 3. The zero-order valence-electron chi connectivity index (χ0n) is 10.5. The van der Waals surface area contributed by atoms with Crippen molar-refractivity contribution in [3.05, 3.63) is 29.8 Å². The fourth-order valence-electron chi connectivity index (χ4n) is 1.86. The molecule has 90 valence electrons. The van der Waals surface area contributed by atoms with Crippen LogP contribution in [0.4, 0.5) is 0 Å². The molecule has 0 radical (unpaired) electrons. The number of para-hydroxylation sites is 1. The molecule has 1 aromatic rings. The van der Waals surface area contributed by atoms with E-state index in [0.29, 0.717) is 24.3 Å². The third-order valence-electron chi connectivity index (χ3n) is 2.44. The van der Waals surface area contributed by atoms with Crippen LogP contribution in [0.15, 0.2) is 29.3 Å². The van der Waals surface area contributed by atoms with Crippen LogP contribution in [0.25, 0.3) is 0 Å². The van der Waals surface area contributed by atoms with Gasteiger partial charge in [-0.2, -0.15) is 0 Å². The minimum Gasteiger partial charge on any atom is -0.487 e. The molecule has 0 spiro atoms. The van der Waals surface area contributed by atoms with E-state index in [9.17, 15) is 4.79 Å². The molecule has 0 saturated heterocycles. The number of hydrogen-bond donors (Lipinski definition) is 0. The summed E-state index contributed by atoms with van der Waals surface area (Å²) in [5.74, 6) is 0.748. The van der Waals surface area contributed by atoms with Crippen LogP contribution < -0.4 is 4.74 Å². The Hall–Kier alpha value is -1.64. The van der Waals surface area contributed by atoms with E-state index >= 15 is 0 Å². The number of nitrogens with zero attached hydrogens (tertiary/aromatic N) is 1. The minimum absolute atomic E-state index is 0.0844. The summed E-state index contributed by atoms with van der Waals surface area (Å²) in [5, 5.41) is 0. The summed E-state index contributed by atoms with van der Waals surface area (Å²) < 4.78 is 5.63. The molecule has 3 heteroatoms. The topological polar surface area (TPSA) is 38.7 Å². The first kappa shape index (κ1) is 11.8. The quantitative estimate of drug-likeness (QED) is 0.688. The number of benzene rings is 1. The first-order valence-electron chi connectivity index (χ1n) is 5.78. The highest BCUT2D eigenvalue weighted by molar-refractivity contribution is 6.12. The second-order valence-electron chi connectivity index (χ2n) is 5.23. The summed E-state index contributed by atoms with van der Waals surface area (Å²) in [5.41, 5.74) is 1.31. The predicted octanol–water partition coefficient (Wildman–Crippen LogP) is 2.89. The van der Waals surface area contributed by atoms with Crippen molar-refractivity contribution in [1.82, 2.24) is 0 Å². The van der Waals surface area contributed by atoms with Gasteiger partial charge in [0.15, 0.2) is 5.78 Å². The SMILES string of the molecule is CC(C)(C)N=C1COc2ccccc2C(=O)C1. The van der Waals surface area contributed by atoms with Gasteiger partial charge in [0.25, 0.3) is 0 Å². The molecule has 0 fully saturated rings. The van der Waals surface area contributed by atoms with E-state index in [1.54, 1.807) is 6.07 Å². The number of ether oxygens (including phenoxy) is 1. The number of carbonyl (C=O) groups excluding carboxylic acids is 1. The molecule has 17 heavy (non-hydrogen) atoms. The van der Waals surface area contributed by atoms with E-state index in [-0.39, 0.29) is 11.3 Å². The third-order valence-corrected chi connectivity index (χ3v) is 2.44. The van der Waals surface area contributed by atoms with Crippen LogP contribution in [0.2, 0.25) is 0 Å². The summed E-state index contributed by atoms with van der Waals surface area (Å²) in [6, 6.07) is 7.36. The Morgan fingerprint density at radius 3 is 2.65 bits per heavy atom. The monoisotopic (exact) mass is 231 g/mol. The summed E-state index contributed by atoms with van der Waals surface area (Å²) in [4.78, 5) is 16.6. The van der Waals surface area contributed by atoms with Crippen molar-refractivity contribution in [3.63, 3.8) is 0 Å². The molecule has 0 unspecified atom stereocenters. The summed E-state index contributed by atoms with van der Waals surface area (Å²) >= 11 is 0. The molecule has 1 aliphatic rings. The fraction of sp³-hybridized carbons (Fsp3) is 0.429. The zero-order chi connectivity index (χ0) is 12.5. The molecule has 0 aromatic heterocycles. The summed E-state index contributed by atoms with van der Waals surface area (Å²) in [7, 11) is 0. The number of ketones is 1. The van der Waals surface area contributed by atoms with Crippen molar-refractivity contribution in [3.8, 4) is 5.75 Å². The molecular formula is C14H17NO2. The maximum atomic E-state index is 12.0. The number of fused-ring (bicyclic) bond motifs is 1. The Morgan fingerprint density at radius 2 is 1.94 bits per heavy atom. The average molecular weight is 231 g/mol. The number of Topliss-reactive ketones (excluding diaryl/α,β-unsaturated/α-hetero) is 1. The van der Waals surface area contributed by atoms with Gasteiger partial charge >= 0.3 is 0 Å². The van der Waals surface area contributed by atoms with Gasteiger partial charge in [-0.05, 0) is 32.9 Å². The Balaban J connectivity index is 2.30. The summed E-state index contributed by atoms with van der Waals surface area (Å²) in [6.07, 6.45) is 0.355. The number of rotatable bonds is 0. The molecule has 0 aliphatic carbocycles. The van der Waals surface area contributed by atoms with Gasteiger partial charge < -0.3 is 4.74 Å². The molecule has 1 heterocycles. The van der Waals surface area contributed by atoms with E-state index in [1.807, 2.05) is 39.0 Å². The van der Waals surface area contributed by atoms with Gasteiger partial charge in [-0.1, -0.05) is 12.1 Å². The highest BCUT2D eigenvalue weighted by atomic mass is 16.5. The third kappa shape index (κ3) is 2.93. The first-order valence-corrected chi connectivity index (χ1v) is 5.78. The smallest absolute Gasteiger partial charge is 0.172 e. The van der Waals surface area contributed by atoms with Crippen molar-refractivity contribution < 1.29 is 9.53 Å². The van der Waals surface area contributed by atoms with Crippen molar-refractivity contribution in [1.29, 1.82) is 0 Å². The minimum atomic E-state index is -0.171. The Kier molecular flexibility index (Phi) is 3.01. The van der Waals surface area contributed by atoms with Crippen LogP contribution in [0.1, 0.15) is 37.6 Å². The van der Waals surface area contributed by atoms with Crippen molar-refractivity contribution in [2.24, 2.45) is 4.99 Å². The van der Waals surface area contributed by atoms with Gasteiger partial charge in [-0.25, -0.2) is 0 Å². The number of carbonyl (C=O) groups is 1. The van der Waals surface area contributed by atoms with E-state index in [1.165, 1.54) is 0 Å². The maximum Gasteiger partial charge on any atom is 0.172 e. The van der Waals surface area contributed by atoms with Gasteiger partial charge in [0, 0.05) is 0 Å². The van der Waals surface area contributed by atoms with E-state index in [0.717, 1.165) is 5.71 Å². The van der Waals surface area contributed by atoms with Crippen LogP contribution in [-0.2, 0) is 0 Å². The first-order chi connectivity index (χ1) is 7.96. The van der Waals surface area contributed by atoms with Gasteiger partial charge in [-0.15, -0.1) is 0 Å². The molecule has 0 bridgehead atoms. The molecule has 0 amide bonds. The molecule has 0 N–H and O–H groups in total. The highest BCUT2D eigenvalue weighted by Gasteiger charge is 2.21. The number of aliphatic imine (C=N–C) groups is 1. The van der Waals surface area contributed by atoms with E-state index in [2.05, 4.69) is 4.99 Å². The molecule has 1 aliphatic heterocycles. The fourth-order valence-corrected chi connectivity index (χ4v) is 1.86. The lowest BCUT2D eigenvalue weighted by Gasteiger charge is -2.14. The lowest BCUT2D eigenvalue weighted by atomic mass is 10.0. The largest absolute Gasteiger partial charge is 0.487 e. The normalized spacial score (nSPS) is 18.5. The lowest BCUT2D eigenvalue weighted by molar-refractivity contribution is 0.100. The van der Waals surface area contributed by atoms with Gasteiger partial charge in [-0.3, -0.25) is 9.79 Å². The van der Waals surface area contributed by atoms with E-state index in [4.69, 9.17) is 4.74 Å². The van der Waals surface area contributed by atoms with Gasteiger partial charge in [0.2, 0.25) is 0 Å². The van der Waals surface area contributed by atoms with Crippen LogP contribution in [0, 0.1) is 0 Å². The molecule has 0 saturated carbocycles. The van der Waals surface area contributed by atoms with Gasteiger partial charge in [0.05, 0.1) is 23.2 Å². The van der Waals surface area contributed by atoms with Crippen molar-refractivity contribution >= 4 is 11.5 Å². The molecule has 2 rings (SSSR count). The standard InChI is InChI=1S/C14H17NO2/c1-14(2,3)15-10-8-12(16)11-6-4-5-7-13(11)17-9-10/h4-7H,8-9H2,1-3H3. The van der Waals surface area contributed by atoms with Gasteiger partial charge in [0.1, 0.15) is 12.4 Å². The molecular weight excluding hydrogens is 214 g/mol. The lowest BCUT2D eigenvalue weighted by Crippen LogP contribution is -2.19. The maximum absolute atomic E-state index is 12.0. The Bertz CT molecular complexity index is 469. The molecule has 1 aromatic carbocycles. The van der Waals surface area contributed by atoms with E-state index < -0.39 is 0 Å². The molecule has 3 nitrogen and oxygen atoms in total. The van der Waals surface area contributed by atoms with Crippen LogP contribution >= 0.6 is 0 Å². The predicted molar refractivity (Wildman–Crippen MR) is 68.1 cm³/mol. The summed E-state index contributed by atoms with van der Waals surface area (Å²) in [6.45, 7) is 6.45. The van der Waals surface area contributed by atoms with Crippen LogP contribution in [-0.4, -0.2) is 23.6 Å². The second-order valence-corrected chi connectivity index (χ2v) is 5.23. The molecule has 0 atom stereocenters. The zero-order valence-corrected chi connectivity index (χ0v) is 10.5. The Labute approximate surface area is 102 Å². The average Bonchev–Trinajstić information content (AvgIpc) is 2.37.